The van der Waals surface area contributed by atoms with Gasteiger partial charge in [0.2, 0.25) is 0 Å². The number of carbonyl (C=O) groups is 2. The third-order valence-corrected chi connectivity index (χ3v) is 2.54. The number of ether oxygens (including phenoxy) is 1. The quantitative estimate of drug-likeness (QED) is 0.481. The fraction of sp³-hybridized carbons (Fsp3) is 0.583. The van der Waals surface area contributed by atoms with Crippen LogP contribution in [-0.4, -0.2) is 52.9 Å². The van der Waals surface area contributed by atoms with Crippen molar-refractivity contribution in [1.29, 1.82) is 0 Å². The Balaban J connectivity index is 2.30. The van der Waals surface area contributed by atoms with E-state index in [1.807, 2.05) is 6.92 Å². The highest BCUT2D eigenvalue weighted by atomic mass is 16.5. The van der Waals surface area contributed by atoms with E-state index in [-0.39, 0.29) is 6.42 Å². The Morgan fingerprint density at radius 1 is 1.55 bits per heavy atom. The third-order valence-electron chi connectivity index (χ3n) is 2.54. The normalized spacial score (nSPS) is 11.8. The van der Waals surface area contributed by atoms with Crippen LogP contribution in [0.1, 0.15) is 19.0 Å². The zero-order valence-electron chi connectivity index (χ0n) is 11.4. The fourth-order valence-corrected chi connectivity index (χ4v) is 1.55. The van der Waals surface area contributed by atoms with Crippen LogP contribution in [0.3, 0.4) is 0 Å². The smallest absolute Gasteiger partial charge is 0.326 e. The van der Waals surface area contributed by atoms with Crippen molar-refractivity contribution in [3.8, 4) is 0 Å². The lowest BCUT2D eigenvalue weighted by Gasteiger charge is -2.14. The van der Waals surface area contributed by atoms with Gasteiger partial charge in [-0.3, -0.25) is 0 Å². The maximum Gasteiger partial charge on any atom is 0.326 e. The summed E-state index contributed by atoms with van der Waals surface area (Å²) in [6.45, 7) is 3.53. The lowest BCUT2D eigenvalue weighted by Crippen LogP contribution is -2.47. The van der Waals surface area contributed by atoms with Gasteiger partial charge in [0, 0.05) is 38.1 Å². The first-order chi connectivity index (χ1) is 9.63. The number of nitrogens with zero attached hydrogens (tertiary/aromatic N) is 1. The molecule has 1 heterocycles. The predicted molar refractivity (Wildman–Crippen MR) is 71.4 cm³/mol. The highest BCUT2D eigenvalue weighted by Gasteiger charge is 2.20. The van der Waals surface area contributed by atoms with E-state index >= 15 is 0 Å². The summed E-state index contributed by atoms with van der Waals surface area (Å²) in [7, 11) is 0. The number of aromatic amines is 1. The number of amides is 2. The van der Waals surface area contributed by atoms with Crippen LogP contribution in [0, 0.1) is 0 Å². The Bertz CT molecular complexity index is 408. The zero-order valence-corrected chi connectivity index (χ0v) is 11.4. The van der Waals surface area contributed by atoms with Crippen LogP contribution in [0.2, 0.25) is 0 Å². The highest BCUT2D eigenvalue weighted by Crippen LogP contribution is 1.98. The van der Waals surface area contributed by atoms with Crippen molar-refractivity contribution in [2.45, 2.75) is 25.8 Å². The molecule has 0 fully saturated rings. The summed E-state index contributed by atoms with van der Waals surface area (Å²) >= 11 is 0. The monoisotopic (exact) mass is 284 g/mol. The topological polar surface area (TPSA) is 116 Å². The van der Waals surface area contributed by atoms with Gasteiger partial charge in [-0.1, -0.05) is 0 Å². The second-order valence-electron chi connectivity index (χ2n) is 4.12. The summed E-state index contributed by atoms with van der Waals surface area (Å²) in [5, 5.41) is 14.1. The Hall–Kier alpha value is -2.09. The number of H-pyrrole nitrogens is 1. The molecule has 0 aliphatic carbocycles. The number of hydrogen-bond acceptors (Lipinski definition) is 4. The molecule has 1 aromatic rings. The van der Waals surface area contributed by atoms with Crippen molar-refractivity contribution in [3.05, 3.63) is 18.2 Å². The van der Waals surface area contributed by atoms with Crippen molar-refractivity contribution in [3.63, 3.8) is 0 Å². The van der Waals surface area contributed by atoms with E-state index in [1.165, 1.54) is 12.5 Å². The van der Waals surface area contributed by atoms with Gasteiger partial charge in [-0.2, -0.15) is 0 Å². The van der Waals surface area contributed by atoms with Crippen molar-refractivity contribution >= 4 is 12.0 Å². The molecule has 0 aromatic carbocycles. The van der Waals surface area contributed by atoms with Gasteiger partial charge in [0.1, 0.15) is 6.04 Å². The van der Waals surface area contributed by atoms with Gasteiger partial charge in [0.15, 0.2) is 0 Å². The van der Waals surface area contributed by atoms with Gasteiger partial charge in [-0.25, -0.2) is 14.6 Å². The van der Waals surface area contributed by atoms with Crippen molar-refractivity contribution in [2.24, 2.45) is 0 Å². The summed E-state index contributed by atoms with van der Waals surface area (Å²) in [4.78, 5) is 29.2. The molecule has 20 heavy (non-hydrogen) atoms. The maximum atomic E-state index is 11.6. The van der Waals surface area contributed by atoms with E-state index in [0.29, 0.717) is 31.9 Å². The molecule has 0 aliphatic heterocycles. The fourth-order valence-electron chi connectivity index (χ4n) is 1.55. The van der Waals surface area contributed by atoms with Gasteiger partial charge in [0.05, 0.1) is 6.33 Å². The standard InChI is InChI=1S/C12H20N4O4/c1-2-20-5-3-4-14-12(19)16-10(11(17)18)6-9-7-13-8-15-9/h7-8,10H,2-6H2,1H3,(H,13,15)(H,17,18)(H2,14,16,19)/t10-/m0/s1. The van der Waals surface area contributed by atoms with Gasteiger partial charge in [-0.15, -0.1) is 0 Å². The van der Waals surface area contributed by atoms with Crippen LogP contribution in [0.25, 0.3) is 0 Å². The number of aromatic nitrogens is 2. The van der Waals surface area contributed by atoms with Crippen molar-refractivity contribution < 1.29 is 19.4 Å². The molecule has 1 atom stereocenters. The molecule has 0 saturated carbocycles. The Kier molecular flexibility index (Phi) is 7.12. The summed E-state index contributed by atoms with van der Waals surface area (Å²) < 4.78 is 5.13. The van der Waals surface area contributed by atoms with Gasteiger partial charge < -0.3 is 25.5 Å². The highest BCUT2D eigenvalue weighted by molar-refractivity contribution is 5.82. The van der Waals surface area contributed by atoms with E-state index in [2.05, 4.69) is 20.6 Å². The number of urea groups is 1. The lowest BCUT2D eigenvalue weighted by atomic mass is 10.2. The molecular formula is C12H20N4O4. The molecule has 0 radical (unpaired) electrons. The number of carboxylic acids is 1. The van der Waals surface area contributed by atoms with Crippen LogP contribution in [-0.2, 0) is 16.0 Å². The molecule has 2 amide bonds. The first-order valence-corrected chi connectivity index (χ1v) is 6.45. The Morgan fingerprint density at radius 2 is 2.35 bits per heavy atom. The third kappa shape index (κ3) is 6.19. The number of rotatable bonds is 9. The lowest BCUT2D eigenvalue weighted by molar-refractivity contribution is -0.139. The number of aliphatic carboxylic acids is 1. The molecule has 8 nitrogen and oxygen atoms in total. The Labute approximate surface area is 116 Å². The molecule has 0 aliphatic rings. The van der Waals surface area contributed by atoms with Crippen molar-refractivity contribution in [2.75, 3.05) is 19.8 Å². The number of hydrogen-bond donors (Lipinski definition) is 4. The van der Waals surface area contributed by atoms with E-state index in [9.17, 15) is 9.59 Å². The molecule has 1 aromatic heterocycles. The average Bonchev–Trinajstić information content (AvgIpc) is 2.90. The second-order valence-corrected chi connectivity index (χ2v) is 4.12. The number of imidazole rings is 1. The Morgan fingerprint density at radius 3 is 2.95 bits per heavy atom. The first kappa shape index (κ1) is 16.0. The SMILES string of the molecule is CCOCCCNC(=O)N[C@@H](Cc1cnc[nH]1)C(=O)O. The number of nitrogens with one attached hydrogen (secondary N) is 3. The second kappa shape index (κ2) is 8.92. The molecule has 0 unspecified atom stereocenters. The van der Waals surface area contributed by atoms with Crippen molar-refractivity contribution in [1.82, 2.24) is 20.6 Å². The van der Waals surface area contributed by atoms with Crippen LogP contribution in [0.15, 0.2) is 12.5 Å². The van der Waals surface area contributed by atoms with E-state index < -0.39 is 18.0 Å². The minimum absolute atomic E-state index is 0.154. The van der Waals surface area contributed by atoms with E-state index in [4.69, 9.17) is 9.84 Å². The summed E-state index contributed by atoms with van der Waals surface area (Å²) in [5.74, 6) is -1.09. The van der Waals surface area contributed by atoms with E-state index in [0.717, 1.165) is 0 Å². The molecule has 0 saturated heterocycles. The van der Waals surface area contributed by atoms with E-state index in [1.54, 1.807) is 0 Å². The minimum Gasteiger partial charge on any atom is -0.480 e. The average molecular weight is 284 g/mol. The van der Waals surface area contributed by atoms with Crippen LogP contribution < -0.4 is 10.6 Å². The molecule has 4 N–H and O–H groups in total. The molecule has 8 heteroatoms. The summed E-state index contributed by atoms with van der Waals surface area (Å²) in [6, 6.07) is -1.50. The molecule has 1 rings (SSSR count). The molecule has 0 spiro atoms. The number of carbonyl (C=O) groups excluding carboxylic acids is 1. The van der Waals surface area contributed by atoms with Gasteiger partial charge >= 0.3 is 12.0 Å². The van der Waals surface area contributed by atoms with Gasteiger partial charge in [0.25, 0.3) is 0 Å². The number of carboxylic acid groups (broad SMARTS) is 1. The maximum absolute atomic E-state index is 11.6. The van der Waals surface area contributed by atoms with Gasteiger partial charge in [-0.05, 0) is 13.3 Å². The molecule has 112 valence electrons. The molecular weight excluding hydrogens is 264 g/mol. The summed E-state index contributed by atoms with van der Waals surface area (Å²) in [6.07, 6.45) is 3.82. The summed E-state index contributed by atoms with van der Waals surface area (Å²) in [5.41, 5.74) is 0.647. The van der Waals surface area contributed by atoms with Crippen LogP contribution >= 0.6 is 0 Å². The van der Waals surface area contributed by atoms with Crippen LogP contribution in [0.5, 0.6) is 0 Å². The predicted octanol–water partition coefficient (Wildman–Crippen LogP) is 0.131. The zero-order chi connectivity index (χ0) is 14.8. The van der Waals surface area contributed by atoms with Crippen LogP contribution in [0.4, 0.5) is 4.79 Å². The molecule has 0 bridgehead atoms. The minimum atomic E-state index is -1.09. The largest absolute Gasteiger partial charge is 0.480 e. The first-order valence-electron chi connectivity index (χ1n) is 6.45.